The van der Waals surface area contributed by atoms with Gasteiger partial charge in [0.25, 0.3) is 11.8 Å². The zero-order valence-electron chi connectivity index (χ0n) is 13.4. The standard InChI is InChI=1S/C17H14FN3O5/c18-11-2-4-12(5-3-11)19-15(22)8-21-13-7-10(17(24)20-25)1-6-14(13)26-9-16(21)23/h1-7,25H,8-9H2,(H,19,22)(H,20,24). The van der Waals surface area contributed by atoms with Crippen LogP contribution in [0.5, 0.6) is 5.75 Å². The van der Waals surface area contributed by atoms with Gasteiger partial charge in [0.2, 0.25) is 5.91 Å². The lowest BCUT2D eigenvalue weighted by molar-refractivity contribution is -0.123. The van der Waals surface area contributed by atoms with Crippen LogP contribution in [0.15, 0.2) is 42.5 Å². The van der Waals surface area contributed by atoms with Gasteiger partial charge in [-0.1, -0.05) is 0 Å². The molecule has 0 bridgehead atoms. The van der Waals surface area contributed by atoms with E-state index in [4.69, 9.17) is 9.94 Å². The highest BCUT2D eigenvalue weighted by Gasteiger charge is 2.28. The Balaban J connectivity index is 1.81. The summed E-state index contributed by atoms with van der Waals surface area (Å²) in [4.78, 5) is 37.1. The number of hydrogen-bond donors (Lipinski definition) is 3. The molecule has 0 radical (unpaired) electrons. The summed E-state index contributed by atoms with van der Waals surface area (Å²) in [6, 6.07) is 9.41. The molecular formula is C17H14FN3O5. The molecule has 26 heavy (non-hydrogen) atoms. The number of nitrogens with zero attached hydrogens (tertiary/aromatic N) is 1. The molecule has 0 unspecified atom stereocenters. The third kappa shape index (κ3) is 3.62. The maximum Gasteiger partial charge on any atom is 0.274 e. The molecule has 3 amide bonds. The van der Waals surface area contributed by atoms with Crippen LogP contribution in [0.3, 0.4) is 0 Å². The summed E-state index contributed by atoms with van der Waals surface area (Å²) in [5.74, 6) is -1.84. The first-order valence-corrected chi connectivity index (χ1v) is 7.55. The first kappa shape index (κ1) is 17.4. The number of amides is 3. The van der Waals surface area contributed by atoms with Gasteiger partial charge in [0.1, 0.15) is 18.1 Å². The molecule has 0 aliphatic carbocycles. The maximum absolute atomic E-state index is 12.9. The molecule has 134 valence electrons. The number of hydroxylamine groups is 1. The average molecular weight is 359 g/mol. The Labute approximate surface area is 147 Å². The van der Waals surface area contributed by atoms with Crippen molar-refractivity contribution in [3.63, 3.8) is 0 Å². The zero-order chi connectivity index (χ0) is 18.7. The van der Waals surface area contributed by atoms with Crippen molar-refractivity contribution in [2.75, 3.05) is 23.4 Å². The lowest BCUT2D eigenvalue weighted by Crippen LogP contribution is -2.43. The number of carbonyl (C=O) groups is 3. The van der Waals surface area contributed by atoms with Crippen molar-refractivity contribution in [1.29, 1.82) is 0 Å². The summed E-state index contributed by atoms with van der Waals surface area (Å²) in [6.45, 7) is -0.570. The van der Waals surface area contributed by atoms with Gasteiger partial charge in [0, 0.05) is 11.3 Å². The summed E-state index contributed by atoms with van der Waals surface area (Å²) in [6.07, 6.45) is 0. The predicted molar refractivity (Wildman–Crippen MR) is 88.6 cm³/mol. The van der Waals surface area contributed by atoms with E-state index >= 15 is 0 Å². The molecule has 8 nitrogen and oxygen atoms in total. The molecule has 3 rings (SSSR count). The Morgan fingerprint density at radius 1 is 1.19 bits per heavy atom. The number of nitrogens with one attached hydrogen (secondary N) is 2. The Morgan fingerprint density at radius 2 is 1.92 bits per heavy atom. The van der Waals surface area contributed by atoms with Gasteiger partial charge in [-0.2, -0.15) is 0 Å². The summed E-state index contributed by atoms with van der Waals surface area (Å²) in [7, 11) is 0. The fourth-order valence-electron chi connectivity index (χ4n) is 2.46. The minimum atomic E-state index is -0.762. The van der Waals surface area contributed by atoms with Crippen LogP contribution in [-0.2, 0) is 9.59 Å². The summed E-state index contributed by atoms with van der Waals surface area (Å²) in [5.41, 5.74) is 2.20. The minimum Gasteiger partial charge on any atom is -0.482 e. The van der Waals surface area contributed by atoms with Gasteiger partial charge in [-0.05, 0) is 42.5 Å². The van der Waals surface area contributed by atoms with E-state index in [2.05, 4.69) is 5.32 Å². The van der Waals surface area contributed by atoms with Crippen molar-refractivity contribution in [2.45, 2.75) is 0 Å². The molecule has 2 aromatic rings. The Bertz CT molecular complexity index is 869. The van der Waals surface area contributed by atoms with Crippen LogP contribution in [-0.4, -0.2) is 36.1 Å². The lowest BCUT2D eigenvalue weighted by Gasteiger charge is -2.29. The van der Waals surface area contributed by atoms with E-state index in [9.17, 15) is 18.8 Å². The average Bonchev–Trinajstić information content (AvgIpc) is 2.65. The van der Waals surface area contributed by atoms with E-state index in [1.807, 2.05) is 0 Å². The molecule has 2 aromatic carbocycles. The third-order valence-corrected chi connectivity index (χ3v) is 3.70. The van der Waals surface area contributed by atoms with Crippen molar-refractivity contribution >= 4 is 29.1 Å². The van der Waals surface area contributed by atoms with Crippen LogP contribution in [0, 0.1) is 5.82 Å². The first-order chi connectivity index (χ1) is 12.5. The van der Waals surface area contributed by atoms with Gasteiger partial charge < -0.3 is 10.1 Å². The van der Waals surface area contributed by atoms with Gasteiger partial charge in [-0.15, -0.1) is 0 Å². The largest absolute Gasteiger partial charge is 0.482 e. The Kier molecular flexibility index (Phi) is 4.81. The van der Waals surface area contributed by atoms with Gasteiger partial charge in [0.05, 0.1) is 5.69 Å². The quantitative estimate of drug-likeness (QED) is 0.563. The topological polar surface area (TPSA) is 108 Å². The fraction of sp³-hybridized carbons (Fsp3) is 0.118. The number of halogens is 1. The number of rotatable bonds is 4. The highest BCUT2D eigenvalue weighted by atomic mass is 19.1. The summed E-state index contributed by atoms with van der Waals surface area (Å²) >= 11 is 0. The van der Waals surface area contributed by atoms with Crippen LogP contribution in [0.1, 0.15) is 10.4 Å². The molecular weight excluding hydrogens is 345 g/mol. The van der Waals surface area contributed by atoms with Crippen LogP contribution in [0.2, 0.25) is 0 Å². The summed E-state index contributed by atoms with van der Waals surface area (Å²) in [5, 5.41) is 11.3. The normalized spacial score (nSPS) is 12.8. The number of hydrogen-bond acceptors (Lipinski definition) is 5. The van der Waals surface area contributed by atoms with Crippen LogP contribution in [0.25, 0.3) is 0 Å². The van der Waals surface area contributed by atoms with E-state index in [1.165, 1.54) is 52.8 Å². The molecule has 0 saturated heterocycles. The fourth-order valence-corrected chi connectivity index (χ4v) is 2.46. The monoisotopic (exact) mass is 359 g/mol. The second kappa shape index (κ2) is 7.19. The third-order valence-electron chi connectivity index (χ3n) is 3.70. The predicted octanol–water partition coefficient (Wildman–Crippen LogP) is 1.31. The number of fused-ring (bicyclic) bond motifs is 1. The molecule has 0 fully saturated rings. The van der Waals surface area contributed by atoms with E-state index < -0.39 is 23.5 Å². The maximum atomic E-state index is 12.9. The number of anilines is 2. The highest BCUT2D eigenvalue weighted by Crippen LogP contribution is 2.33. The Morgan fingerprint density at radius 3 is 2.62 bits per heavy atom. The lowest BCUT2D eigenvalue weighted by atomic mass is 10.1. The highest BCUT2D eigenvalue weighted by molar-refractivity contribution is 6.06. The molecule has 1 aliphatic heterocycles. The van der Waals surface area contributed by atoms with E-state index in [1.54, 1.807) is 0 Å². The number of benzene rings is 2. The van der Waals surface area contributed by atoms with E-state index in [0.29, 0.717) is 11.4 Å². The van der Waals surface area contributed by atoms with Gasteiger partial charge >= 0.3 is 0 Å². The molecule has 3 N–H and O–H groups in total. The van der Waals surface area contributed by atoms with Gasteiger partial charge in [-0.3, -0.25) is 24.5 Å². The van der Waals surface area contributed by atoms with E-state index in [0.717, 1.165) is 0 Å². The summed E-state index contributed by atoms with van der Waals surface area (Å²) < 4.78 is 18.2. The zero-order valence-corrected chi connectivity index (χ0v) is 13.4. The number of carbonyl (C=O) groups excluding carboxylic acids is 3. The van der Waals surface area contributed by atoms with Crippen molar-refractivity contribution in [1.82, 2.24) is 5.48 Å². The first-order valence-electron chi connectivity index (χ1n) is 7.55. The molecule has 1 aliphatic rings. The SMILES string of the molecule is O=C(CN1C(=O)COc2ccc(C(=O)NO)cc21)Nc1ccc(F)cc1. The second-order valence-electron chi connectivity index (χ2n) is 5.45. The molecule has 0 aromatic heterocycles. The molecule has 1 heterocycles. The van der Waals surface area contributed by atoms with Crippen molar-refractivity contribution in [3.8, 4) is 5.75 Å². The van der Waals surface area contributed by atoms with Crippen molar-refractivity contribution in [2.24, 2.45) is 0 Å². The second-order valence-corrected chi connectivity index (χ2v) is 5.45. The molecule has 0 atom stereocenters. The van der Waals surface area contributed by atoms with Crippen molar-refractivity contribution in [3.05, 3.63) is 53.8 Å². The molecule has 0 saturated carbocycles. The van der Waals surface area contributed by atoms with Crippen LogP contribution >= 0.6 is 0 Å². The molecule has 0 spiro atoms. The minimum absolute atomic E-state index is 0.0912. The van der Waals surface area contributed by atoms with Crippen molar-refractivity contribution < 1.29 is 28.7 Å². The Hall–Kier alpha value is -3.46. The molecule has 9 heteroatoms. The smallest absolute Gasteiger partial charge is 0.274 e. The van der Waals surface area contributed by atoms with Crippen LogP contribution < -0.4 is 20.4 Å². The van der Waals surface area contributed by atoms with Crippen LogP contribution in [0.4, 0.5) is 15.8 Å². The van der Waals surface area contributed by atoms with E-state index in [-0.39, 0.29) is 24.4 Å². The number of ether oxygens (including phenoxy) is 1. The van der Waals surface area contributed by atoms with Gasteiger partial charge in [0.15, 0.2) is 6.61 Å². The van der Waals surface area contributed by atoms with Gasteiger partial charge in [-0.25, -0.2) is 9.87 Å².